The molecule has 8 nitrogen and oxygen atoms in total. The van der Waals surface area contributed by atoms with Crippen LogP contribution < -0.4 is 4.74 Å². The molecule has 0 saturated heterocycles. The average Bonchev–Trinajstić information content (AvgIpc) is 2.94. The number of carbonyl (C=O) groups is 2. The van der Waals surface area contributed by atoms with Gasteiger partial charge in [0.15, 0.2) is 11.6 Å². The lowest BCUT2D eigenvalue weighted by atomic mass is 9.87. The largest absolute Gasteiger partial charge is 0.420 e. The van der Waals surface area contributed by atoms with Crippen molar-refractivity contribution in [1.82, 2.24) is 0 Å². The van der Waals surface area contributed by atoms with Crippen molar-refractivity contribution in [3.05, 3.63) is 28.6 Å². The van der Waals surface area contributed by atoms with Crippen LogP contribution in [0.5, 0.6) is 5.75 Å². The summed E-state index contributed by atoms with van der Waals surface area (Å²) in [7, 11) is 0. The van der Waals surface area contributed by atoms with Crippen molar-refractivity contribution in [2.45, 2.75) is 71.6 Å². The summed E-state index contributed by atoms with van der Waals surface area (Å²) in [5.41, 5.74) is -0.301. The molecule has 1 aromatic rings. The minimum Gasteiger partial charge on any atom is -0.420 e. The first-order valence-electron chi connectivity index (χ1n) is 14.6. The highest BCUT2D eigenvalue weighted by atomic mass is 19.2. The van der Waals surface area contributed by atoms with E-state index in [1.54, 1.807) is 0 Å². The summed E-state index contributed by atoms with van der Waals surface area (Å²) in [5, 5.41) is 0. The summed E-state index contributed by atoms with van der Waals surface area (Å²) >= 11 is 0. The van der Waals surface area contributed by atoms with Gasteiger partial charge in [-0.05, 0) is 37.8 Å². The van der Waals surface area contributed by atoms with Crippen LogP contribution in [0.1, 0.15) is 68.9 Å². The number of esters is 1. The van der Waals surface area contributed by atoms with Gasteiger partial charge in [0, 0.05) is 12.3 Å². The molecule has 0 unspecified atom stereocenters. The van der Waals surface area contributed by atoms with Gasteiger partial charge in [-0.15, -0.1) is 0 Å². The highest BCUT2D eigenvalue weighted by Crippen LogP contribution is 2.30. The van der Waals surface area contributed by atoms with E-state index < -0.39 is 29.2 Å². The van der Waals surface area contributed by atoms with Crippen LogP contribution in [0.4, 0.5) is 13.2 Å². The molecular formula is C30H45F3O8. The normalized spacial score (nSPS) is 14.6. The van der Waals surface area contributed by atoms with Crippen LogP contribution in [0.2, 0.25) is 0 Å². The van der Waals surface area contributed by atoms with Crippen LogP contribution in [0.15, 0.2) is 0 Å². The van der Waals surface area contributed by atoms with Crippen molar-refractivity contribution < 1.29 is 51.2 Å². The highest BCUT2D eigenvalue weighted by Gasteiger charge is 2.24. The SMILES string of the molecule is Cc1c(C)c(F)c(OC(=O)CCOCCOCCOCCOCCOCCC(=O)C2CCCCCCC2)c(F)c1F. The van der Waals surface area contributed by atoms with Gasteiger partial charge in [-0.25, -0.2) is 8.78 Å². The zero-order chi connectivity index (χ0) is 29.9. The number of Topliss-reactive ketones (excluding diaryl/α,β-unsaturated/α-hetero) is 1. The first-order valence-corrected chi connectivity index (χ1v) is 14.6. The zero-order valence-corrected chi connectivity index (χ0v) is 24.4. The van der Waals surface area contributed by atoms with Crippen LogP contribution in [-0.4, -0.2) is 77.8 Å². The van der Waals surface area contributed by atoms with E-state index in [9.17, 15) is 22.8 Å². The number of ether oxygens (including phenoxy) is 6. The molecule has 0 amide bonds. The fourth-order valence-corrected chi connectivity index (χ4v) is 4.41. The van der Waals surface area contributed by atoms with Gasteiger partial charge >= 0.3 is 5.97 Å². The van der Waals surface area contributed by atoms with E-state index in [1.807, 2.05) is 0 Å². The van der Waals surface area contributed by atoms with Crippen LogP contribution in [0.3, 0.4) is 0 Å². The number of hydrogen-bond donors (Lipinski definition) is 0. The Labute approximate surface area is 241 Å². The van der Waals surface area contributed by atoms with E-state index in [0.717, 1.165) is 25.7 Å². The molecule has 1 aromatic carbocycles. The molecule has 0 radical (unpaired) electrons. The summed E-state index contributed by atoms with van der Waals surface area (Å²) in [6.45, 7) is 5.80. The lowest BCUT2D eigenvalue weighted by Gasteiger charge is -2.18. The van der Waals surface area contributed by atoms with Crippen molar-refractivity contribution in [1.29, 1.82) is 0 Å². The van der Waals surface area contributed by atoms with Gasteiger partial charge in [0.25, 0.3) is 0 Å². The number of benzene rings is 1. The van der Waals surface area contributed by atoms with Crippen molar-refractivity contribution >= 4 is 11.8 Å². The minimum atomic E-state index is -1.53. The third-order valence-corrected chi connectivity index (χ3v) is 7.02. The molecule has 11 heteroatoms. The molecule has 2 rings (SSSR count). The fraction of sp³-hybridized carbons (Fsp3) is 0.733. The minimum absolute atomic E-state index is 0.0485. The Kier molecular flexibility index (Phi) is 17.8. The average molecular weight is 591 g/mol. The maximum absolute atomic E-state index is 14.1. The molecule has 41 heavy (non-hydrogen) atoms. The lowest BCUT2D eigenvalue weighted by Crippen LogP contribution is -2.18. The van der Waals surface area contributed by atoms with E-state index >= 15 is 0 Å². The van der Waals surface area contributed by atoms with Crippen molar-refractivity contribution in [3.8, 4) is 5.75 Å². The quantitative estimate of drug-likeness (QED) is 0.0861. The number of ketones is 1. The summed E-state index contributed by atoms with van der Waals surface area (Å²) < 4.78 is 73.5. The first-order chi connectivity index (χ1) is 19.8. The number of halogens is 3. The summed E-state index contributed by atoms with van der Waals surface area (Å²) in [6.07, 6.45) is 8.34. The Hall–Kier alpha value is -2.05. The molecule has 0 spiro atoms. The zero-order valence-electron chi connectivity index (χ0n) is 24.4. The van der Waals surface area contributed by atoms with Crippen LogP contribution >= 0.6 is 0 Å². The number of hydrogen-bond acceptors (Lipinski definition) is 8. The van der Waals surface area contributed by atoms with E-state index in [4.69, 9.17) is 23.7 Å². The van der Waals surface area contributed by atoms with Crippen LogP contribution in [0.25, 0.3) is 0 Å². The maximum Gasteiger partial charge on any atom is 0.313 e. The summed E-state index contributed by atoms with van der Waals surface area (Å²) in [5.74, 6) is -5.32. The first kappa shape index (κ1) is 35.1. The summed E-state index contributed by atoms with van der Waals surface area (Å²) in [4.78, 5) is 24.2. The number of rotatable bonds is 20. The molecule has 0 aliphatic heterocycles. The molecule has 1 aliphatic rings. The predicted molar refractivity (Wildman–Crippen MR) is 146 cm³/mol. The maximum atomic E-state index is 14.1. The molecule has 1 saturated carbocycles. The highest BCUT2D eigenvalue weighted by molar-refractivity contribution is 5.81. The van der Waals surface area contributed by atoms with Crippen molar-refractivity contribution in [3.63, 3.8) is 0 Å². The predicted octanol–water partition coefficient (Wildman–Crippen LogP) is 5.42. The Morgan fingerprint density at radius 2 is 1.00 bits per heavy atom. The molecule has 234 valence electrons. The molecule has 1 aliphatic carbocycles. The molecule has 0 atom stereocenters. The lowest BCUT2D eigenvalue weighted by molar-refractivity contribution is -0.136. The third kappa shape index (κ3) is 13.6. The monoisotopic (exact) mass is 590 g/mol. The fourth-order valence-electron chi connectivity index (χ4n) is 4.41. The molecule has 0 bridgehead atoms. The molecule has 0 N–H and O–H groups in total. The third-order valence-electron chi connectivity index (χ3n) is 7.02. The Morgan fingerprint density at radius 1 is 0.585 bits per heavy atom. The van der Waals surface area contributed by atoms with Gasteiger partial charge in [-0.2, -0.15) is 4.39 Å². The second-order valence-corrected chi connectivity index (χ2v) is 10.1. The van der Waals surface area contributed by atoms with Gasteiger partial charge < -0.3 is 28.4 Å². The second kappa shape index (κ2) is 20.8. The van der Waals surface area contributed by atoms with Crippen molar-refractivity contribution in [2.75, 3.05) is 66.1 Å². The molecule has 0 heterocycles. The second-order valence-electron chi connectivity index (χ2n) is 10.1. The van der Waals surface area contributed by atoms with Crippen LogP contribution in [0, 0.1) is 37.2 Å². The molecular weight excluding hydrogens is 545 g/mol. The van der Waals surface area contributed by atoms with Crippen molar-refractivity contribution in [2.24, 2.45) is 5.92 Å². The van der Waals surface area contributed by atoms with E-state index in [1.165, 1.54) is 33.1 Å². The molecule has 1 fully saturated rings. The van der Waals surface area contributed by atoms with Crippen LogP contribution in [-0.2, 0) is 33.3 Å². The number of carbonyl (C=O) groups excluding carboxylic acids is 2. The van der Waals surface area contributed by atoms with E-state index in [2.05, 4.69) is 4.74 Å². The van der Waals surface area contributed by atoms with Gasteiger partial charge in [-0.1, -0.05) is 32.1 Å². The smallest absolute Gasteiger partial charge is 0.313 e. The Morgan fingerprint density at radius 3 is 1.51 bits per heavy atom. The van der Waals surface area contributed by atoms with Gasteiger partial charge in [-0.3, -0.25) is 9.59 Å². The van der Waals surface area contributed by atoms with Gasteiger partial charge in [0.2, 0.25) is 11.6 Å². The van der Waals surface area contributed by atoms with E-state index in [0.29, 0.717) is 58.5 Å². The Bertz CT molecular complexity index is 890. The molecule has 0 aromatic heterocycles. The Balaban J connectivity index is 1.35. The van der Waals surface area contributed by atoms with E-state index in [-0.39, 0.29) is 43.3 Å². The standard InChI is InChI=1S/C30H45F3O8/c1-22-23(2)28(32)30(29(33)27(22)31)41-26(35)11-13-37-15-17-39-19-21-40-20-18-38-16-14-36-12-10-25(34)24-8-6-4-3-5-7-9-24/h24H,3-21H2,1-2H3. The van der Waals surface area contributed by atoms with Gasteiger partial charge in [0.1, 0.15) is 5.78 Å². The summed E-state index contributed by atoms with van der Waals surface area (Å²) in [6, 6.07) is 0. The van der Waals surface area contributed by atoms with Gasteiger partial charge in [0.05, 0.1) is 72.5 Å². The topological polar surface area (TPSA) is 89.5 Å².